The summed E-state index contributed by atoms with van der Waals surface area (Å²) in [4.78, 5) is 15.5. The van der Waals surface area contributed by atoms with Crippen LogP contribution in [0.25, 0.3) is 0 Å². The van der Waals surface area contributed by atoms with E-state index in [0.717, 1.165) is 48.1 Å². The molecule has 3 heterocycles. The fourth-order valence-corrected chi connectivity index (χ4v) is 2.55. The minimum atomic E-state index is 0.805. The Balaban J connectivity index is 1.90. The second kappa shape index (κ2) is 4.68. The van der Waals surface area contributed by atoms with Crippen LogP contribution < -0.4 is 4.90 Å². The van der Waals surface area contributed by atoms with Gasteiger partial charge in [0.1, 0.15) is 22.1 Å². The Labute approximate surface area is 114 Å². The van der Waals surface area contributed by atoms with Crippen LogP contribution in [-0.2, 0) is 19.5 Å². The summed E-state index contributed by atoms with van der Waals surface area (Å²) in [6, 6.07) is 1.97. The molecule has 18 heavy (non-hydrogen) atoms. The zero-order chi connectivity index (χ0) is 12.5. The Kier molecular flexibility index (Phi) is 3.03. The lowest BCUT2D eigenvalue weighted by Crippen LogP contribution is -2.34. The number of rotatable bonds is 2. The Morgan fingerprint density at radius 3 is 3.06 bits per heavy atom. The summed E-state index contributed by atoms with van der Waals surface area (Å²) in [5.41, 5.74) is 0. The molecule has 2 aromatic rings. The third kappa shape index (κ3) is 2.12. The molecule has 0 aliphatic carbocycles. The summed E-state index contributed by atoms with van der Waals surface area (Å²) in [5.74, 6) is 2.94. The molecule has 0 atom stereocenters. The van der Waals surface area contributed by atoms with E-state index in [-0.39, 0.29) is 0 Å². The van der Waals surface area contributed by atoms with Crippen LogP contribution in [0.3, 0.4) is 0 Å². The molecule has 0 saturated heterocycles. The van der Waals surface area contributed by atoms with E-state index < -0.39 is 0 Å². The lowest BCUT2D eigenvalue weighted by Gasteiger charge is -2.28. The predicted molar refractivity (Wildman–Crippen MR) is 72.4 cm³/mol. The standard InChI is InChI=1S/C12H14BrN5/c1-2-10-15-9(13)7-11(16-10)18-6-5-17-4-3-14-12(17)8-18/h3-4,7H,2,5-6,8H2,1H3. The lowest BCUT2D eigenvalue weighted by atomic mass is 10.3. The van der Waals surface area contributed by atoms with Gasteiger partial charge in [-0.2, -0.15) is 0 Å². The summed E-state index contributed by atoms with van der Waals surface area (Å²) in [7, 11) is 0. The number of nitrogens with zero attached hydrogens (tertiary/aromatic N) is 5. The van der Waals surface area contributed by atoms with E-state index in [9.17, 15) is 0 Å². The number of fused-ring (bicyclic) bond motifs is 1. The van der Waals surface area contributed by atoms with Gasteiger partial charge in [-0.3, -0.25) is 0 Å². The van der Waals surface area contributed by atoms with Crippen LogP contribution in [0.4, 0.5) is 5.82 Å². The molecule has 94 valence electrons. The molecule has 0 radical (unpaired) electrons. The largest absolute Gasteiger partial charge is 0.347 e. The Morgan fingerprint density at radius 1 is 1.33 bits per heavy atom. The van der Waals surface area contributed by atoms with Crippen LogP contribution >= 0.6 is 15.9 Å². The number of imidazole rings is 1. The molecule has 2 aromatic heterocycles. The molecule has 0 fully saturated rings. The van der Waals surface area contributed by atoms with Crippen molar-refractivity contribution in [1.82, 2.24) is 19.5 Å². The van der Waals surface area contributed by atoms with Crippen molar-refractivity contribution in [3.05, 3.63) is 34.7 Å². The summed E-state index contributed by atoms with van der Waals surface area (Å²) in [5, 5.41) is 0. The molecule has 0 saturated carbocycles. The smallest absolute Gasteiger partial charge is 0.133 e. The maximum Gasteiger partial charge on any atom is 0.133 e. The van der Waals surface area contributed by atoms with Crippen LogP contribution in [0.2, 0.25) is 0 Å². The highest BCUT2D eigenvalue weighted by Crippen LogP contribution is 2.21. The highest BCUT2D eigenvalue weighted by Gasteiger charge is 2.18. The van der Waals surface area contributed by atoms with Crippen molar-refractivity contribution in [3.8, 4) is 0 Å². The minimum absolute atomic E-state index is 0.805. The monoisotopic (exact) mass is 307 g/mol. The Hall–Kier alpha value is -1.43. The first kappa shape index (κ1) is 11.6. The average Bonchev–Trinajstić information content (AvgIpc) is 2.85. The number of anilines is 1. The van der Waals surface area contributed by atoms with Crippen molar-refractivity contribution >= 4 is 21.7 Å². The summed E-state index contributed by atoms with van der Waals surface area (Å²) in [6.07, 6.45) is 4.72. The highest BCUT2D eigenvalue weighted by atomic mass is 79.9. The number of halogens is 1. The van der Waals surface area contributed by atoms with Gasteiger partial charge in [0, 0.05) is 38.0 Å². The number of aryl methyl sites for hydroxylation is 1. The normalized spacial score (nSPS) is 14.7. The van der Waals surface area contributed by atoms with Crippen molar-refractivity contribution in [2.24, 2.45) is 0 Å². The van der Waals surface area contributed by atoms with E-state index in [0.29, 0.717) is 0 Å². The summed E-state index contributed by atoms with van der Waals surface area (Å²) in [6.45, 7) is 4.78. The predicted octanol–water partition coefficient (Wildman–Crippen LogP) is 2.02. The van der Waals surface area contributed by atoms with E-state index in [4.69, 9.17) is 0 Å². The average molecular weight is 308 g/mol. The van der Waals surface area contributed by atoms with Gasteiger partial charge >= 0.3 is 0 Å². The van der Waals surface area contributed by atoms with Gasteiger partial charge in [-0.1, -0.05) is 6.92 Å². The van der Waals surface area contributed by atoms with E-state index >= 15 is 0 Å². The van der Waals surface area contributed by atoms with E-state index in [2.05, 4.69) is 47.3 Å². The van der Waals surface area contributed by atoms with Gasteiger partial charge in [0.15, 0.2) is 0 Å². The molecule has 0 spiro atoms. The zero-order valence-electron chi connectivity index (χ0n) is 10.2. The number of aromatic nitrogens is 4. The maximum absolute atomic E-state index is 4.58. The first-order valence-corrected chi connectivity index (χ1v) is 6.84. The van der Waals surface area contributed by atoms with Crippen molar-refractivity contribution in [3.63, 3.8) is 0 Å². The summed E-state index contributed by atoms with van der Waals surface area (Å²) >= 11 is 3.45. The fraction of sp³-hybridized carbons (Fsp3) is 0.417. The van der Waals surface area contributed by atoms with Crippen molar-refractivity contribution in [2.75, 3.05) is 11.4 Å². The topological polar surface area (TPSA) is 46.8 Å². The van der Waals surface area contributed by atoms with Gasteiger partial charge in [0.2, 0.25) is 0 Å². The highest BCUT2D eigenvalue weighted by molar-refractivity contribution is 9.10. The van der Waals surface area contributed by atoms with E-state index in [1.165, 1.54) is 0 Å². The minimum Gasteiger partial charge on any atom is -0.347 e. The molecule has 0 aromatic carbocycles. The molecule has 3 rings (SSSR count). The molecular weight excluding hydrogens is 294 g/mol. The van der Waals surface area contributed by atoms with Gasteiger partial charge in [-0.15, -0.1) is 0 Å². The van der Waals surface area contributed by atoms with Crippen LogP contribution in [0.5, 0.6) is 0 Å². The Morgan fingerprint density at radius 2 is 2.22 bits per heavy atom. The number of hydrogen-bond acceptors (Lipinski definition) is 4. The van der Waals surface area contributed by atoms with E-state index in [1.807, 2.05) is 18.5 Å². The number of hydrogen-bond donors (Lipinski definition) is 0. The van der Waals surface area contributed by atoms with Crippen molar-refractivity contribution in [1.29, 1.82) is 0 Å². The third-order valence-corrected chi connectivity index (χ3v) is 3.52. The van der Waals surface area contributed by atoms with Gasteiger partial charge in [-0.25, -0.2) is 15.0 Å². The fourth-order valence-electron chi connectivity index (χ4n) is 2.14. The van der Waals surface area contributed by atoms with Crippen LogP contribution in [0.1, 0.15) is 18.6 Å². The van der Waals surface area contributed by atoms with Crippen molar-refractivity contribution < 1.29 is 0 Å². The second-order valence-corrected chi connectivity index (χ2v) is 5.09. The third-order valence-electron chi connectivity index (χ3n) is 3.11. The zero-order valence-corrected chi connectivity index (χ0v) is 11.8. The van der Waals surface area contributed by atoms with Crippen LogP contribution in [0, 0.1) is 0 Å². The molecule has 0 bridgehead atoms. The Bertz CT molecular complexity index is 565. The van der Waals surface area contributed by atoms with E-state index in [1.54, 1.807) is 0 Å². The molecule has 5 nitrogen and oxygen atoms in total. The van der Waals surface area contributed by atoms with Gasteiger partial charge in [0.25, 0.3) is 0 Å². The first-order chi connectivity index (χ1) is 8.76. The summed E-state index contributed by atoms with van der Waals surface area (Å²) < 4.78 is 3.03. The molecular formula is C12H14BrN5. The van der Waals surface area contributed by atoms with Crippen LogP contribution in [-0.4, -0.2) is 26.1 Å². The quantitative estimate of drug-likeness (QED) is 0.796. The molecule has 1 aliphatic rings. The second-order valence-electron chi connectivity index (χ2n) is 4.28. The first-order valence-electron chi connectivity index (χ1n) is 6.04. The lowest BCUT2D eigenvalue weighted by molar-refractivity contribution is 0.555. The van der Waals surface area contributed by atoms with Crippen LogP contribution in [0.15, 0.2) is 23.1 Å². The molecule has 0 unspecified atom stereocenters. The molecule has 6 heteroatoms. The molecule has 1 aliphatic heterocycles. The van der Waals surface area contributed by atoms with Crippen molar-refractivity contribution in [2.45, 2.75) is 26.4 Å². The van der Waals surface area contributed by atoms with Gasteiger partial charge in [0.05, 0.1) is 6.54 Å². The SMILES string of the molecule is CCc1nc(Br)cc(N2CCn3ccnc3C2)n1. The van der Waals surface area contributed by atoms with Gasteiger partial charge < -0.3 is 9.47 Å². The van der Waals surface area contributed by atoms with Gasteiger partial charge in [-0.05, 0) is 15.9 Å². The maximum atomic E-state index is 4.58. The molecule has 0 N–H and O–H groups in total. The molecule has 0 amide bonds.